The van der Waals surface area contributed by atoms with Gasteiger partial charge in [0.05, 0.1) is 14.2 Å². The van der Waals surface area contributed by atoms with Crippen molar-refractivity contribution < 1.29 is 19.1 Å². The third kappa shape index (κ3) is 4.96. The van der Waals surface area contributed by atoms with E-state index in [2.05, 4.69) is 18.2 Å². The topological polar surface area (TPSA) is 59.1 Å². The van der Waals surface area contributed by atoms with Crippen molar-refractivity contribution >= 4 is 17.9 Å². The van der Waals surface area contributed by atoms with Crippen LogP contribution in [0, 0.1) is 5.92 Å². The molecule has 6 nitrogen and oxygen atoms in total. The maximum atomic E-state index is 13.1. The first kappa shape index (κ1) is 21.9. The Bertz CT molecular complexity index is 986. The predicted molar refractivity (Wildman–Crippen MR) is 123 cm³/mol. The lowest BCUT2D eigenvalue weighted by Crippen LogP contribution is -2.45. The number of fused-ring (bicyclic) bond motifs is 1. The molecule has 168 valence electrons. The van der Waals surface area contributed by atoms with Crippen molar-refractivity contribution in [2.24, 2.45) is 5.92 Å². The summed E-state index contributed by atoms with van der Waals surface area (Å²) in [7, 11) is 3.20. The second-order valence-electron chi connectivity index (χ2n) is 8.36. The van der Waals surface area contributed by atoms with Crippen molar-refractivity contribution in [1.82, 2.24) is 9.80 Å². The van der Waals surface area contributed by atoms with Gasteiger partial charge in [0.15, 0.2) is 0 Å². The van der Waals surface area contributed by atoms with E-state index in [9.17, 15) is 9.59 Å². The molecule has 4 rings (SSSR count). The van der Waals surface area contributed by atoms with Crippen LogP contribution in [0.4, 0.5) is 0 Å². The van der Waals surface area contributed by atoms with Gasteiger partial charge in [-0.25, -0.2) is 0 Å². The van der Waals surface area contributed by atoms with Crippen molar-refractivity contribution in [3.05, 3.63) is 65.2 Å². The number of carbonyl (C=O) groups is 2. The Balaban J connectivity index is 1.31. The van der Waals surface area contributed by atoms with Crippen LogP contribution >= 0.6 is 0 Å². The van der Waals surface area contributed by atoms with Crippen LogP contribution in [-0.4, -0.2) is 55.5 Å². The highest BCUT2D eigenvalue weighted by molar-refractivity contribution is 5.92. The fourth-order valence-electron chi connectivity index (χ4n) is 4.49. The molecule has 0 unspecified atom stereocenters. The highest BCUT2D eigenvalue weighted by Crippen LogP contribution is 2.26. The van der Waals surface area contributed by atoms with Gasteiger partial charge in [0.1, 0.15) is 11.5 Å². The van der Waals surface area contributed by atoms with Gasteiger partial charge in [0, 0.05) is 44.2 Å². The van der Waals surface area contributed by atoms with Crippen LogP contribution in [-0.2, 0) is 22.6 Å². The molecule has 1 saturated heterocycles. The molecule has 2 heterocycles. The fourth-order valence-corrected chi connectivity index (χ4v) is 4.49. The number of rotatable bonds is 5. The lowest BCUT2D eigenvalue weighted by molar-refractivity contribution is -0.140. The summed E-state index contributed by atoms with van der Waals surface area (Å²) in [5, 5.41) is 0. The maximum Gasteiger partial charge on any atom is 0.246 e. The Labute approximate surface area is 189 Å². The molecule has 0 atom stereocenters. The highest BCUT2D eigenvalue weighted by atomic mass is 16.5. The van der Waals surface area contributed by atoms with Crippen LogP contribution in [0.1, 0.15) is 29.5 Å². The summed E-state index contributed by atoms with van der Waals surface area (Å²) in [5.74, 6) is 1.54. The lowest BCUT2D eigenvalue weighted by Gasteiger charge is -2.35. The molecule has 0 spiro atoms. The number of likely N-dealkylation sites (tertiary alicyclic amines) is 1. The van der Waals surface area contributed by atoms with Crippen molar-refractivity contribution in [2.45, 2.75) is 25.8 Å². The average molecular weight is 435 g/mol. The van der Waals surface area contributed by atoms with Gasteiger partial charge in [-0.2, -0.15) is 0 Å². The Hall–Kier alpha value is -3.28. The SMILES string of the molecule is COc1cc(/C=C\C(=O)N2CCC(C(=O)N3CCc4ccccc4C3)CC2)cc(OC)c1. The zero-order chi connectivity index (χ0) is 22.5. The Morgan fingerprint density at radius 2 is 1.56 bits per heavy atom. The Morgan fingerprint density at radius 3 is 2.22 bits per heavy atom. The number of methoxy groups -OCH3 is 2. The van der Waals surface area contributed by atoms with Crippen LogP contribution in [0.15, 0.2) is 48.5 Å². The molecule has 1 fully saturated rings. The second kappa shape index (κ2) is 9.90. The van der Waals surface area contributed by atoms with Gasteiger partial charge >= 0.3 is 0 Å². The number of benzene rings is 2. The summed E-state index contributed by atoms with van der Waals surface area (Å²) in [6.07, 6.45) is 5.69. The molecule has 0 bridgehead atoms. The Morgan fingerprint density at radius 1 is 0.906 bits per heavy atom. The van der Waals surface area contributed by atoms with Gasteiger partial charge in [-0.15, -0.1) is 0 Å². The average Bonchev–Trinajstić information content (AvgIpc) is 2.86. The molecule has 2 amide bonds. The normalized spacial score (nSPS) is 16.7. The first-order chi connectivity index (χ1) is 15.6. The highest BCUT2D eigenvalue weighted by Gasteiger charge is 2.31. The van der Waals surface area contributed by atoms with Crippen molar-refractivity contribution in [1.29, 1.82) is 0 Å². The van der Waals surface area contributed by atoms with Gasteiger partial charge < -0.3 is 19.3 Å². The minimum atomic E-state index is -0.0374. The van der Waals surface area contributed by atoms with Crippen LogP contribution in [0.5, 0.6) is 11.5 Å². The molecule has 0 radical (unpaired) electrons. The van der Waals surface area contributed by atoms with Crippen molar-refractivity contribution in [3.8, 4) is 11.5 Å². The number of nitrogens with zero attached hydrogens (tertiary/aromatic N) is 2. The van der Waals surface area contributed by atoms with E-state index in [-0.39, 0.29) is 17.7 Å². The first-order valence-electron chi connectivity index (χ1n) is 11.1. The van der Waals surface area contributed by atoms with E-state index in [0.717, 1.165) is 18.5 Å². The molecule has 32 heavy (non-hydrogen) atoms. The Kier molecular flexibility index (Phi) is 6.78. The molecule has 2 aliphatic rings. The van der Waals surface area contributed by atoms with Crippen LogP contribution < -0.4 is 9.47 Å². The minimum Gasteiger partial charge on any atom is -0.497 e. The molecule has 2 aliphatic heterocycles. The van der Waals surface area contributed by atoms with Gasteiger partial charge in [0.2, 0.25) is 11.8 Å². The molecule has 2 aromatic carbocycles. The molecule has 2 aromatic rings. The van der Waals surface area contributed by atoms with Crippen LogP contribution in [0.3, 0.4) is 0 Å². The first-order valence-corrected chi connectivity index (χ1v) is 11.1. The predicted octanol–water partition coefficient (Wildman–Crippen LogP) is 3.54. The van der Waals surface area contributed by atoms with Gasteiger partial charge in [-0.05, 0) is 54.2 Å². The number of carbonyl (C=O) groups excluding carboxylic acids is 2. The van der Waals surface area contributed by atoms with Crippen molar-refractivity contribution in [3.63, 3.8) is 0 Å². The van der Waals surface area contributed by atoms with E-state index < -0.39 is 0 Å². The summed E-state index contributed by atoms with van der Waals surface area (Å²) >= 11 is 0. The molecular formula is C26H30N2O4. The summed E-state index contributed by atoms with van der Waals surface area (Å²) in [5.41, 5.74) is 3.43. The summed E-state index contributed by atoms with van der Waals surface area (Å²) in [6.45, 7) is 2.68. The molecule has 0 aliphatic carbocycles. The third-order valence-corrected chi connectivity index (χ3v) is 6.39. The van der Waals surface area contributed by atoms with E-state index in [1.54, 1.807) is 32.4 Å². The molecule has 6 heteroatoms. The number of ether oxygens (including phenoxy) is 2. The smallest absolute Gasteiger partial charge is 0.246 e. The van der Waals surface area contributed by atoms with Crippen LogP contribution in [0.25, 0.3) is 6.08 Å². The zero-order valence-corrected chi connectivity index (χ0v) is 18.8. The van der Waals surface area contributed by atoms with Crippen LogP contribution in [0.2, 0.25) is 0 Å². The maximum absolute atomic E-state index is 13.1. The number of hydrogen-bond acceptors (Lipinski definition) is 4. The van der Waals surface area contributed by atoms with E-state index in [0.29, 0.717) is 44.0 Å². The van der Waals surface area contributed by atoms with E-state index in [1.807, 2.05) is 28.0 Å². The quantitative estimate of drug-likeness (QED) is 0.676. The second-order valence-corrected chi connectivity index (χ2v) is 8.36. The summed E-state index contributed by atoms with van der Waals surface area (Å²) < 4.78 is 10.6. The van der Waals surface area contributed by atoms with Gasteiger partial charge in [-0.1, -0.05) is 24.3 Å². The van der Waals surface area contributed by atoms with E-state index in [4.69, 9.17) is 9.47 Å². The molecule has 0 aromatic heterocycles. The zero-order valence-electron chi connectivity index (χ0n) is 18.8. The molecule has 0 saturated carbocycles. The van der Waals surface area contributed by atoms with Gasteiger partial charge in [-0.3, -0.25) is 9.59 Å². The monoisotopic (exact) mass is 434 g/mol. The summed E-state index contributed by atoms with van der Waals surface area (Å²) in [6, 6.07) is 13.9. The standard InChI is InChI=1S/C26H30N2O4/c1-31-23-15-19(16-24(17-23)32-2)7-8-25(29)27-12-10-21(11-13-27)26(30)28-14-9-20-5-3-4-6-22(20)18-28/h3-8,15-17,21H,9-14,18H2,1-2H3/b8-7-. The van der Waals surface area contributed by atoms with Gasteiger partial charge in [0.25, 0.3) is 0 Å². The number of amides is 2. The number of piperidine rings is 1. The number of hydrogen-bond donors (Lipinski definition) is 0. The van der Waals surface area contributed by atoms with E-state index >= 15 is 0 Å². The summed E-state index contributed by atoms with van der Waals surface area (Å²) in [4.78, 5) is 29.5. The van der Waals surface area contributed by atoms with E-state index in [1.165, 1.54) is 11.1 Å². The lowest BCUT2D eigenvalue weighted by atomic mass is 9.93. The van der Waals surface area contributed by atoms with Crippen molar-refractivity contribution in [2.75, 3.05) is 33.9 Å². The fraction of sp³-hybridized carbons (Fsp3) is 0.385. The minimum absolute atomic E-state index is 0.00376. The third-order valence-electron chi connectivity index (χ3n) is 6.39. The molecule has 0 N–H and O–H groups in total. The largest absolute Gasteiger partial charge is 0.497 e. The molecular weight excluding hydrogens is 404 g/mol.